The van der Waals surface area contributed by atoms with Crippen LogP contribution in [0.1, 0.15) is 79.1 Å². The van der Waals surface area contributed by atoms with Crippen molar-refractivity contribution in [3.8, 4) is 0 Å². The number of hydrogen-bond donors (Lipinski definition) is 1. The molecule has 6 atom stereocenters. The fourth-order valence-electron chi connectivity index (χ4n) is 7.87. The Morgan fingerprint density at radius 2 is 1.78 bits per heavy atom. The molecule has 0 bridgehead atoms. The van der Waals surface area contributed by atoms with Gasteiger partial charge in [0.05, 0.1) is 5.71 Å². The fourth-order valence-corrected chi connectivity index (χ4v) is 7.87. The summed E-state index contributed by atoms with van der Waals surface area (Å²) in [7, 11) is 0. The minimum Gasteiger partial charge on any atom is -0.479 e. The van der Waals surface area contributed by atoms with Crippen molar-refractivity contribution in [2.45, 2.75) is 84.7 Å². The summed E-state index contributed by atoms with van der Waals surface area (Å²) in [5.41, 5.74) is 0.999. The second-order valence-electron chi connectivity index (χ2n) is 10.7. The Balaban J connectivity index is 1.59. The zero-order valence-corrected chi connectivity index (χ0v) is 19.6. The van der Waals surface area contributed by atoms with Gasteiger partial charge in [-0.25, -0.2) is 4.79 Å². The topological polar surface area (TPSA) is 102 Å². The van der Waals surface area contributed by atoms with Crippen molar-refractivity contribution in [3.05, 3.63) is 11.6 Å². The summed E-state index contributed by atoms with van der Waals surface area (Å²) in [6, 6.07) is 0. The highest BCUT2D eigenvalue weighted by Gasteiger charge is 2.67. The van der Waals surface area contributed by atoms with Crippen LogP contribution in [0.25, 0.3) is 0 Å². The van der Waals surface area contributed by atoms with Gasteiger partial charge in [0.25, 0.3) is 0 Å². The lowest BCUT2D eigenvalue weighted by Crippen LogP contribution is -2.58. The summed E-state index contributed by atoms with van der Waals surface area (Å²) in [5.74, 6) is 0.00154. The lowest BCUT2D eigenvalue weighted by atomic mass is 9.46. The second-order valence-corrected chi connectivity index (χ2v) is 10.7. The number of fused-ring (bicyclic) bond motifs is 5. The number of allylic oxidation sites excluding steroid dienone is 2. The average molecular weight is 446 g/mol. The van der Waals surface area contributed by atoms with E-state index in [9.17, 15) is 14.4 Å². The quantitative estimate of drug-likeness (QED) is 0.500. The summed E-state index contributed by atoms with van der Waals surface area (Å²) in [4.78, 5) is 40.4. The van der Waals surface area contributed by atoms with Gasteiger partial charge in [0.2, 0.25) is 6.61 Å². The lowest BCUT2D eigenvalue weighted by molar-refractivity contribution is -0.187. The summed E-state index contributed by atoms with van der Waals surface area (Å²) in [6.45, 7) is 7.12. The molecule has 7 heteroatoms. The zero-order chi connectivity index (χ0) is 23.3. The van der Waals surface area contributed by atoms with Gasteiger partial charge in [0, 0.05) is 12.3 Å². The molecule has 4 rings (SSSR count). The number of aliphatic carboxylic acids is 1. The molecule has 0 radical (unpaired) electrons. The molecule has 0 amide bonds. The number of rotatable bonds is 5. The Morgan fingerprint density at radius 1 is 1.06 bits per heavy atom. The number of carbonyl (C=O) groups is 3. The molecule has 3 saturated carbocycles. The van der Waals surface area contributed by atoms with Gasteiger partial charge in [-0.2, -0.15) is 0 Å². The molecule has 3 fully saturated rings. The third-order valence-electron chi connectivity index (χ3n) is 9.35. The SMILES string of the molecule is CC(=O)O[C@]1(C(C)=O)CCC2C3CCC4=C/C(=N/OCC(=O)O)CC[C@]4(C)C3CC[C@@]21C. The first kappa shape index (κ1) is 23.0. The van der Waals surface area contributed by atoms with Crippen molar-refractivity contribution in [1.82, 2.24) is 0 Å². The van der Waals surface area contributed by atoms with E-state index in [-0.39, 0.29) is 22.6 Å². The summed E-state index contributed by atoms with van der Waals surface area (Å²) >= 11 is 0. The highest BCUT2D eigenvalue weighted by atomic mass is 16.6. The highest BCUT2D eigenvalue weighted by Crippen LogP contribution is 2.68. The highest BCUT2D eigenvalue weighted by molar-refractivity contribution is 5.96. The number of nitrogens with zero attached hydrogens (tertiary/aromatic N) is 1. The van der Waals surface area contributed by atoms with Gasteiger partial charge < -0.3 is 14.7 Å². The number of ether oxygens (including phenoxy) is 1. The van der Waals surface area contributed by atoms with Crippen molar-refractivity contribution in [3.63, 3.8) is 0 Å². The Bertz CT molecular complexity index is 893. The minimum absolute atomic E-state index is 0.0152. The third-order valence-corrected chi connectivity index (χ3v) is 9.35. The van der Waals surface area contributed by atoms with Gasteiger partial charge >= 0.3 is 11.9 Å². The summed E-state index contributed by atoms with van der Waals surface area (Å²) in [5, 5.41) is 12.8. The molecule has 0 aromatic carbocycles. The number of carbonyl (C=O) groups excluding carboxylic acids is 2. The molecule has 0 aromatic heterocycles. The number of esters is 1. The average Bonchev–Trinajstić information content (AvgIpc) is 3.01. The molecule has 0 saturated heterocycles. The molecule has 0 spiro atoms. The van der Waals surface area contributed by atoms with Crippen LogP contribution in [-0.4, -0.2) is 40.7 Å². The largest absolute Gasteiger partial charge is 0.479 e. The molecule has 4 aliphatic carbocycles. The van der Waals surface area contributed by atoms with Gasteiger partial charge in [0.1, 0.15) is 0 Å². The van der Waals surface area contributed by atoms with E-state index >= 15 is 0 Å². The van der Waals surface area contributed by atoms with Gasteiger partial charge in [-0.1, -0.05) is 24.6 Å². The third kappa shape index (κ3) is 3.39. The normalized spacial score (nSPS) is 41.7. The molecule has 176 valence electrons. The van der Waals surface area contributed by atoms with Crippen molar-refractivity contribution >= 4 is 23.4 Å². The molecule has 1 N–H and O–H groups in total. The van der Waals surface area contributed by atoms with Gasteiger partial charge in [-0.15, -0.1) is 0 Å². The van der Waals surface area contributed by atoms with Crippen LogP contribution in [0, 0.1) is 28.6 Å². The predicted molar refractivity (Wildman–Crippen MR) is 118 cm³/mol. The predicted octanol–water partition coefficient (Wildman–Crippen LogP) is 4.30. The van der Waals surface area contributed by atoms with Crippen molar-refractivity contribution in [2.24, 2.45) is 33.7 Å². The maximum atomic E-state index is 12.8. The van der Waals surface area contributed by atoms with Crippen molar-refractivity contribution in [2.75, 3.05) is 6.61 Å². The standard InChI is InChI=1S/C25H35NO6/c1-15(27)25(32-16(2)28)12-9-21-19-6-5-17-13-18(26-31-14-22(29)30)7-10-23(17,3)20(19)8-11-24(21,25)4/h13,19-21H,5-12,14H2,1-4H3,(H,29,30)/b26-18+/t19?,20?,21?,23-,24-,25-/m0/s1. The van der Waals surface area contributed by atoms with Crippen LogP contribution in [0.2, 0.25) is 0 Å². The first-order valence-corrected chi connectivity index (χ1v) is 11.9. The van der Waals surface area contributed by atoms with Crippen LogP contribution >= 0.6 is 0 Å². The van der Waals surface area contributed by atoms with Gasteiger partial charge in [-0.05, 0) is 87.5 Å². The van der Waals surface area contributed by atoms with Crippen LogP contribution in [-0.2, 0) is 24.0 Å². The molecular weight excluding hydrogens is 410 g/mol. The van der Waals surface area contributed by atoms with Crippen LogP contribution in [0.4, 0.5) is 0 Å². The fraction of sp³-hybridized carbons (Fsp3) is 0.760. The van der Waals surface area contributed by atoms with E-state index < -0.39 is 18.2 Å². The first-order valence-electron chi connectivity index (χ1n) is 11.9. The van der Waals surface area contributed by atoms with E-state index in [1.54, 1.807) is 6.92 Å². The van der Waals surface area contributed by atoms with E-state index in [1.807, 2.05) is 0 Å². The minimum atomic E-state index is -1.03. The summed E-state index contributed by atoms with van der Waals surface area (Å²) < 4.78 is 5.84. The van der Waals surface area contributed by atoms with E-state index in [0.29, 0.717) is 24.2 Å². The smallest absolute Gasteiger partial charge is 0.344 e. The van der Waals surface area contributed by atoms with Crippen LogP contribution < -0.4 is 0 Å². The molecular formula is C25H35NO6. The maximum absolute atomic E-state index is 12.8. The van der Waals surface area contributed by atoms with Gasteiger partial charge in [0.15, 0.2) is 11.4 Å². The van der Waals surface area contributed by atoms with Crippen molar-refractivity contribution in [1.29, 1.82) is 0 Å². The Hall–Kier alpha value is -2.18. The van der Waals surface area contributed by atoms with Crippen molar-refractivity contribution < 1.29 is 29.1 Å². The Morgan fingerprint density at radius 3 is 2.44 bits per heavy atom. The Labute approximate surface area is 189 Å². The molecule has 7 nitrogen and oxygen atoms in total. The number of ketones is 1. The molecule has 4 aliphatic rings. The lowest BCUT2D eigenvalue weighted by Gasteiger charge is -2.59. The van der Waals surface area contributed by atoms with Gasteiger partial charge in [-0.3, -0.25) is 9.59 Å². The number of oxime groups is 1. The second kappa shape index (κ2) is 7.99. The van der Waals surface area contributed by atoms with E-state index in [1.165, 1.54) is 12.5 Å². The molecule has 0 heterocycles. The number of Topliss-reactive ketones (excluding diaryl/α,β-unsaturated/α-hetero) is 1. The molecule has 32 heavy (non-hydrogen) atoms. The van der Waals surface area contributed by atoms with E-state index in [4.69, 9.17) is 14.7 Å². The first-order chi connectivity index (χ1) is 15.0. The number of hydrogen-bond acceptors (Lipinski definition) is 6. The maximum Gasteiger partial charge on any atom is 0.344 e. The molecule has 0 aliphatic heterocycles. The number of carboxylic acids is 1. The van der Waals surface area contributed by atoms with E-state index in [2.05, 4.69) is 25.1 Å². The van der Waals surface area contributed by atoms with Crippen LogP contribution in [0.15, 0.2) is 16.8 Å². The Kier molecular flexibility index (Phi) is 5.74. The molecule has 3 unspecified atom stereocenters. The van der Waals surface area contributed by atoms with E-state index in [0.717, 1.165) is 50.7 Å². The van der Waals surface area contributed by atoms with Crippen LogP contribution in [0.5, 0.6) is 0 Å². The van der Waals surface area contributed by atoms with Crippen LogP contribution in [0.3, 0.4) is 0 Å². The summed E-state index contributed by atoms with van der Waals surface area (Å²) in [6.07, 6.45) is 9.37. The monoisotopic (exact) mass is 445 g/mol. The molecule has 0 aromatic rings. The zero-order valence-electron chi connectivity index (χ0n) is 19.6. The number of carboxylic acid groups (broad SMARTS) is 1.